The van der Waals surface area contributed by atoms with Gasteiger partial charge in [-0.1, -0.05) is 48.5 Å². The van der Waals surface area contributed by atoms with Crippen LogP contribution in [0.15, 0.2) is 60.7 Å². The summed E-state index contributed by atoms with van der Waals surface area (Å²) >= 11 is 0. The third-order valence-electron chi connectivity index (χ3n) is 3.90. The van der Waals surface area contributed by atoms with Gasteiger partial charge in [0.15, 0.2) is 11.6 Å². The zero-order chi connectivity index (χ0) is 14.4. The van der Waals surface area contributed by atoms with Gasteiger partial charge in [0.1, 0.15) is 5.92 Å². The number of benzene rings is 2. The minimum atomic E-state index is -0.799. The van der Waals surface area contributed by atoms with Crippen LogP contribution < -0.4 is 0 Å². The molecule has 1 aromatic heterocycles. The molecule has 23 heavy (non-hydrogen) atoms. The molecule has 2 aromatic carbocycles. The number of para-hydroxylation sites is 1. The van der Waals surface area contributed by atoms with E-state index in [2.05, 4.69) is 4.98 Å². The zero-order valence-electron chi connectivity index (χ0n) is 11.1. The molecule has 0 spiro atoms. The molecule has 0 unspecified atom stereocenters. The van der Waals surface area contributed by atoms with Gasteiger partial charge in [-0.3, -0.25) is 14.6 Å². The first-order valence-electron chi connectivity index (χ1n) is 6.79. The Morgan fingerprint density at radius 1 is 0.696 bits per heavy atom. The van der Waals surface area contributed by atoms with Gasteiger partial charge in [-0.2, -0.15) is 0 Å². The van der Waals surface area contributed by atoms with E-state index in [9.17, 15) is 9.59 Å². The molecule has 0 amide bonds. The Morgan fingerprint density at radius 3 is 1.91 bits per heavy atom. The van der Waals surface area contributed by atoms with Crippen molar-refractivity contribution < 1.29 is 9.59 Å². The molecule has 1 heterocycles. The standard InChI is InChI=1S/C18H11NO2.2Na.2H/c20-17-12-6-2-3-7-13(12)18(21)16(17)15-10-9-11-5-1-4-8-14(11)19-15;;;;/h1-10,16H;;;;. The molecule has 0 saturated carbocycles. The summed E-state index contributed by atoms with van der Waals surface area (Å²) in [6.45, 7) is 0. The Hall–Kier alpha value is -0.810. The SMILES string of the molecule is O=C1c2ccccc2C(=O)C1c1ccc2ccccc2n1.[NaH].[NaH]. The Bertz CT molecular complexity index is 873. The summed E-state index contributed by atoms with van der Waals surface area (Å²) in [4.78, 5) is 29.5. The first-order valence-corrected chi connectivity index (χ1v) is 6.79. The molecule has 4 rings (SSSR count). The third kappa shape index (κ3) is 3.10. The van der Waals surface area contributed by atoms with Crippen LogP contribution in [-0.2, 0) is 0 Å². The molecule has 0 atom stereocenters. The van der Waals surface area contributed by atoms with Gasteiger partial charge in [0, 0.05) is 16.5 Å². The van der Waals surface area contributed by atoms with Gasteiger partial charge >= 0.3 is 59.1 Å². The van der Waals surface area contributed by atoms with Crippen LogP contribution in [0, 0.1) is 0 Å². The van der Waals surface area contributed by atoms with E-state index in [-0.39, 0.29) is 70.7 Å². The van der Waals surface area contributed by atoms with Crippen molar-refractivity contribution in [3.05, 3.63) is 77.5 Å². The van der Waals surface area contributed by atoms with Crippen LogP contribution >= 0.6 is 0 Å². The summed E-state index contributed by atoms with van der Waals surface area (Å²) in [5.74, 6) is -1.11. The second-order valence-electron chi connectivity index (χ2n) is 5.14. The monoisotopic (exact) mass is 321 g/mol. The number of fused-ring (bicyclic) bond motifs is 2. The second kappa shape index (κ2) is 7.39. The van der Waals surface area contributed by atoms with Crippen LogP contribution in [-0.4, -0.2) is 75.7 Å². The second-order valence-corrected chi connectivity index (χ2v) is 5.14. The molecule has 3 nitrogen and oxygen atoms in total. The van der Waals surface area contributed by atoms with Crippen LogP contribution in [0.1, 0.15) is 32.3 Å². The molecule has 0 radical (unpaired) electrons. The number of rotatable bonds is 1. The fourth-order valence-electron chi connectivity index (χ4n) is 2.85. The van der Waals surface area contributed by atoms with Crippen LogP contribution in [0.5, 0.6) is 0 Å². The summed E-state index contributed by atoms with van der Waals surface area (Å²) in [5, 5.41) is 0.997. The average molecular weight is 321 g/mol. The number of carbonyl (C=O) groups excluding carboxylic acids is 2. The van der Waals surface area contributed by atoms with Crippen molar-refractivity contribution in [2.45, 2.75) is 5.92 Å². The number of ketones is 2. The molecular formula is C18H13NNa2O2. The summed E-state index contributed by atoms with van der Waals surface area (Å²) in [6, 6.07) is 18.3. The molecule has 3 aromatic rings. The number of nitrogens with zero attached hydrogens (tertiary/aromatic N) is 1. The fourth-order valence-corrected chi connectivity index (χ4v) is 2.85. The molecule has 5 heteroatoms. The van der Waals surface area contributed by atoms with Crippen molar-refractivity contribution in [1.29, 1.82) is 0 Å². The molecule has 104 valence electrons. The number of Topliss-reactive ketones (excluding diaryl/α,β-unsaturated/α-hetero) is 2. The molecule has 0 N–H and O–H groups in total. The molecule has 0 saturated heterocycles. The van der Waals surface area contributed by atoms with Crippen molar-refractivity contribution in [3.63, 3.8) is 0 Å². The number of hydrogen-bond donors (Lipinski definition) is 0. The van der Waals surface area contributed by atoms with E-state index in [4.69, 9.17) is 0 Å². The number of aromatic nitrogens is 1. The molecule has 1 aliphatic carbocycles. The molecule has 0 fully saturated rings. The topological polar surface area (TPSA) is 47.0 Å². The van der Waals surface area contributed by atoms with Crippen molar-refractivity contribution in [3.8, 4) is 0 Å². The van der Waals surface area contributed by atoms with E-state index in [0.717, 1.165) is 10.9 Å². The Kier molecular flexibility index (Phi) is 5.95. The summed E-state index contributed by atoms with van der Waals surface area (Å²) in [5.41, 5.74) is 2.33. The van der Waals surface area contributed by atoms with Crippen molar-refractivity contribution in [2.24, 2.45) is 0 Å². The van der Waals surface area contributed by atoms with E-state index in [1.807, 2.05) is 30.3 Å². The maximum absolute atomic E-state index is 12.5. The number of pyridine rings is 1. The van der Waals surface area contributed by atoms with Gasteiger partial charge < -0.3 is 0 Å². The van der Waals surface area contributed by atoms with Gasteiger partial charge in [0.2, 0.25) is 0 Å². The fraction of sp³-hybridized carbons (Fsp3) is 0.0556. The van der Waals surface area contributed by atoms with Crippen LogP contribution in [0.25, 0.3) is 10.9 Å². The zero-order valence-corrected chi connectivity index (χ0v) is 11.1. The van der Waals surface area contributed by atoms with Gasteiger partial charge in [0.25, 0.3) is 0 Å². The Balaban J connectivity index is 0.000000960. The van der Waals surface area contributed by atoms with Gasteiger partial charge in [-0.25, -0.2) is 0 Å². The van der Waals surface area contributed by atoms with Crippen LogP contribution in [0.4, 0.5) is 0 Å². The quantitative estimate of drug-likeness (QED) is 0.509. The molecule has 0 bridgehead atoms. The van der Waals surface area contributed by atoms with Crippen molar-refractivity contribution >= 4 is 81.6 Å². The van der Waals surface area contributed by atoms with Crippen molar-refractivity contribution in [1.82, 2.24) is 4.98 Å². The summed E-state index contributed by atoms with van der Waals surface area (Å²) < 4.78 is 0. The predicted octanol–water partition coefficient (Wildman–Crippen LogP) is 2.10. The number of hydrogen-bond acceptors (Lipinski definition) is 3. The van der Waals surface area contributed by atoms with E-state index >= 15 is 0 Å². The van der Waals surface area contributed by atoms with E-state index in [0.29, 0.717) is 16.8 Å². The first kappa shape index (κ1) is 18.5. The molecular weight excluding hydrogens is 308 g/mol. The van der Waals surface area contributed by atoms with Gasteiger partial charge in [0.05, 0.1) is 11.2 Å². The van der Waals surface area contributed by atoms with Crippen molar-refractivity contribution in [2.75, 3.05) is 0 Å². The Morgan fingerprint density at radius 2 is 1.26 bits per heavy atom. The number of carbonyl (C=O) groups is 2. The maximum atomic E-state index is 12.5. The summed E-state index contributed by atoms with van der Waals surface area (Å²) in [7, 11) is 0. The third-order valence-corrected chi connectivity index (χ3v) is 3.90. The minimum absolute atomic E-state index is 0. The van der Waals surface area contributed by atoms with E-state index in [1.165, 1.54) is 0 Å². The molecule has 1 aliphatic rings. The predicted molar refractivity (Wildman–Crippen MR) is 93.9 cm³/mol. The van der Waals surface area contributed by atoms with Crippen LogP contribution in [0.3, 0.4) is 0 Å². The summed E-state index contributed by atoms with van der Waals surface area (Å²) in [6.07, 6.45) is 0. The van der Waals surface area contributed by atoms with E-state index in [1.54, 1.807) is 30.3 Å². The first-order chi connectivity index (χ1) is 10.3. The Labute approximate surface area is 178 Å². The van der Waals surface area contributed by atoms with Gasteiger partial charge in [-0.15, -0.1) is 0 Å². The normalized spacial score (nSPS) is 13.4. The average Bonchev–Trinajstić information content (AvgIpc) is 2.79. The van der Waals surface area contributed by atoms with E-state index < -0.39 is 5.92 Å². The van der Waals surface area contributed by atoms with Crippen LogP contribution in [0.2, 0.25) is 0 Å². The van der Waals surface area contributed by atoms with Gasteiger partial charge in [-0.05, 0) is 12.1 Å². The molecule has 0 aliphatic heterocycles.